The first kappa shape index (κ1) is 22.5. The number of nitrogens with one attached hydrogen (secondary N) is 2. The maximum absolute atomic E-state index is 12.4. The molecular formula is C19H14ClF3N4O3S. The number of thiazole rings is 1. The van der Waals surface area contributed by atoms with E-state index in [0.717, 1.165) is 29.2 Å². The number of hydrogen-bond donors (Lipinski definition) is 2. The fourth-order valence-electron chi connectivity index (χ4n) is 2.36. The van der Waals surface area contributed by atoms with Crippen molar-refractivity contribution in [3.63, 3.8) is 0 Å². The number of pyridine rings is 1. The van der Waals surface area contributed by atoms with Crippen LogP contribution in [-0.4, -0.2) is 34.6 Å². The molecule has 2 aromatic heterocycles. The van der Waals surface area contributed by atoms with Crippen molar-refractivity contribution in [2.75, 3.05) is 6.61 Å². The van der Waals surface area contributed by atoms with Crippen LogP contribution in [0.1, 0.15) is 25.7 Å². The Bertz CT molecular complexity index is 1110. The molecule has 0 saturated carbocycles. The number of hydrogen-bond acceptors (Lipinski definition) is 6. The average molecular weight is 471 g/mol. The molecule has 3 rings (SSSR count). The van der Waals surface area contributed by atoms with E-state index in [4.69, 9.17) is 11.6 Å². The lowest BCUT2D eigenvalue weighted by atomic mass is 10.2. The zero-order valence-corrected chi connectivity index (χ0v) is 17.4. The number of rotatable bonds is 5. The molecule has 12 heteroatoms. The molecule has 0 atom stereocenters. The van der Waals surface area contributed by atoms with E-state index in [1.165, 1.54) is 0 Å². The van der Waals surface area contributed by atoms with Gasteiger partial charge in [0, 0.05) is 11.8 Å². The third kappa shape index (κ3) is 5.92. The van der Waals surface area contributed by atoms with Gasteiger partial charge in [0.2, 0.25) is 5.88 Å². The second-order valence-corrected chi connectivity index (χ2v) is 7.53. The van der Waals surface area contributed by atoms with Crippen LogP contribution in [-0.2, 0) is 0 Å². The molecule has 31 heavy (non-hydrogen) atoms. The van der Waals surface area contributed by atoms with Crippen molar-refractivity contribution in [3.8, 4) is 16.5 Å². The molecule has 2 N–H and O–H groups in total. The summed E-state index contributed by atoms with van der Waals surface area (Å²) in [7, 11) is 0. The molecule has 2 heterocycles. The van der Waals surface area contributed by atoms with Crippen molar-refractivity contribution < 1.29 is 27.5 Å². The molecule has 0 fully saturated rings. The number of amides is 2. The topological polar surface area (TPSA) is 93.2 Å². The van der Waals surface area contributed by atoms with E-state index in [2.05, 4.69) is 25.6 Å². The molecule has 162 valence electrons. The molecule has 0 saturated heterocycles. The van der Waals surface area contributed by atoms with E-state index >= 15 is 0 Å². The van der Waals surface area contributed by atoms with Crippen molar-refractivity contribution in [1.82, 2.24) is 20.8 Å². The summed E-state index contributed by atoms with van der Waals surface area (Å²) in [5.74, 6) is -1.81. The Hall–Kier alpha value is -3.18. The summed E-state index contributed by atoms with van der Waals surface area (Å²) >= 11 is 6.98. The highest BCUT2D eigenvalue weighted by molar-refractivity contribution is 7.17. The third-order valence-corrected chi connectivity index (χ3v) is 5.23. The zero-order valence-electron chi connectivity index (χ0n) is 15.8. The summed E-state index contributed by atoms with van der Waals surface area (Å²) in [5.41, 5.74) is 5.72. The van der Waals surface area contributed by atoms with E-state index in [9.17, 15) is 22.8 Å². The van der Waals surface area contributed by atoms with Gasteiger partial charge in [-0.2, -0.15) is 13.2 Å². The normalized spacial score (nSPS) is 11.1. The molecule has 3 aromatic rings. The molecule has 0 aliphatic rings. The molecule has 1 aromatic carbocycles. The molecule has 0 aliphatic carbocycles. The fourth-order valence-corrected chi connectivity index (χ4v) is 3.55. The van der Waals surface area contributed by atoms with Crippen LogP contribution in [0.15, 0.2) is 42.6 Å². The van der Waals surface area contributed by atoms with E-state index in [-0.39, 0.29) is 10.6 Å². The molecule has 0 aliphatic heterocycles. The molecule has 0 spiro atoms. The number of aryl methyl sites for hydroxylation is 1. The van der Waals surface area contributed by atoms with E-state index in [1.54, 1.807) is 6.92 Å². The summed E-state index contributed by atoms with van der Waals surface area (Å²) in [5, 5.41) is 0.369. The van der Waals surface area contributed by atoms with Gasteiger partial charge in [-0.15, -0.1) is 11.3 Å². The highest BCUT2D eigenvalue weighted by atomic mass is 35.5. The molecular weight excluding hydrogens is 457 g/mol. The minimum absolute atomic E-state index is 0.0874. The number of alkyl halides is 3. The van der Waals surface area contributed by atoms with E-state index in [0.29, 0.717) is 15.6 Å². The van der Waals surface area contributed by atoms with Crippen LogP contribution < -0.4 is 15.6 Å². The second kappa shape index (κ2) is 9.31. The van der Waals surface area contributed by atoms with Crippen LogP contribution in [0.4, 0.5) is 13.2 Å². The van der Waals surface area contributed by atoms with Gasteiger partial charge >= 0.3 is 6.18 Å². The summed E-state index contributed by atoms with van der Waals surface area (Å²) < 4.78 is 41.1. The Morgan fingerprint density at radius 2 is 1.84 bits per heavy atom. The van der Waals surface area contributed by atoms with E-state index in [1.807, 2.05) is 30.3 Å². The Morgan fingerprint density at radius 1 is 1.16 bits per heavy atom. The molecule has 0 unspecified atom stereocenters. The van der Waals surface area contributed by atoms with Gasteiger partial charge in [0.15, 0.2) is 6.61 Å². The highest BCUT2D eigenvalue weighted by Crippen LogP contribution is 2.28. The van der Waals surface area contributed by atoms with Crippen LogP contribution in [0.2, 0.25) is 5.02 Å². The van der Waals surface area contributed by atoms with Gasteiger partial charge in [0.1, 0.15) is 14.9 Å². The number of halogens is 4. The summed E-state index contributed by atoms with van der Waals surface area (Å²) in [4.78, 5) is 32.9. The first-order valence-corrected chi connectivity index (χ1v) is 9.82. The number of hydrazine groups is 1. The summed E-state index contributed by atoms with van der Waals surface area (Å²) in [6.07, 6.45) is -3.58. The number of aromatic nitrogens is 2. The van der Waals surface area contributed by atoms with Gasteiger partial charge in [-0.3, -0.25) is 20.4 Å². The minimum Gasteiger partial charge on any atom is -0.467 e. The van der Waals surface area contributed by atoms with Gasteiger partial charge in [0.05, 0.1) is 11.3 Å². The van der Waals surface area contributed by atoms with Crippen LogP contribution in [0.3, 0.4) is 0 Å². The Morgan fingerprint density at radius 3 is 2.48 bits per heavy atom. The van der Waals surface area contributed by atoms with Crippen LogP contribution >= 0.6 is 22.9 Å². The van der Waals surface area contributed by atoms with Gasteiger partial charge in [-0.25, -0.2) is 9.97 Å². The number of benzene rings is 1. The third-order valence-electron chi connectivity index (χ3n) is 3.76. The maximum Gasteiger partial charge on any atom is 0.422 e. The second-order valence-electron chi connectivity index (χ2n) is 6.12. The van der Waals surface area contributed by atoms with Crippen molar-refractivity contribution in [2.45, 2.75) is 13.1 Å². The SMILES string of the molecule is Cc1nc(-c2ccccc2)sc1C(=O)NNC(=O)c1cnc(OCC(F)(F)F)c(Cl)c1. The maximum atomic E-state index is 12.4. The Balaban J connectivity index is 1.62. The summed E-state index contributed by atoms with van der Waals surface area (Å²) in [6, 6.07) is 10.4. The Kier molecular flexibility index (Phi) is 6.76. The zero-order chi connectivity index (χ0) is 22.6. The molecule has 2 amide bonds. The van der Waals surface area contributed by atoms with Crippen LogP contribution in [0, 0.1) is 6.92 Å². The average Bonchev–Trinajstić information content (AvgIpc) is 3.12. The van der Waals surface area contributed by atoms with Crippen molar-refractivity contribution in [2.24, 2.45) is 0 Å². The first-order chi connectivity index (χ1) is 14.6. The number of carbonyl (C=O) groups excluding carboxylic acids is 2. The lowest BCUT2D eigenvalue weighted by Gasteiger charge is -2.10. The van der Waals surface area contributed by atoms with Gasteiger partial charge in [-0.05, 0) is 13.0 Å². The van der Waals surface area contributed by atoms with E-state index < -0.39 is 30.5 Å². The predicted octanol–water partition coefficient (Wildman–Crippen LogP) is 4.18. The fraction of sp³-hybridized carbons (Fsp3) is 0.158. The quantitative estimate of drug-likeness (QED) is 0.546. The van der Waals surface area contributed by atoms with Crippen LogP contribution in [0.25, 0.3) is 10.6 Å². The van der Waals surface area contributed by atoms with Gasteiger partial charge in [-0.1, -0.05) is 41.9 Å². The largest absolute Gasteiger partial charge is 0.467 e. The van der Waals surface area contributed by atoms with Crippen molar-refractivity contribution in [3.05, 3.63) is 63.8 Å². The van der Waals surface area contributed by atoms with Gasteiger partial charge < -0.3 is 4.74 Å². The monoisotopic (exact) mass is 470 g/mol. The number of ether oxygens (including phenoxy) is 1. The minimum atomic E-state index is -4.56. The first-order valence-electron chi connectivity index (χ1n) is 8.62. The molecule has 7 nitrogen and oxygen atoms in total. The lowest BCUT2D eigenvalue weighted by Crippen LogP contribution is -2.41. The highest BCUT2D eigenvalue weighted by Gasteiger charge is 2.29. The molecule has 0 radical (unpaired) electrons. The standard InChI is InChI=1S/C19H14ClF3N4O3S/c1-10-14(31-18(25-10)11-5-3-2-4-6-11)16(29)27-26-15(28)12-7-13(20)17(24-8-12)30-9-19(21,22)23/h2-8H,9H2,1H3,(H,26,28)(H,27,29). The van der Waals surface area contributed by atoms with Gasteiger partial charge in [0.25, 0.3) is 11.8 Å². The van der Waals surface area contributed by atoms with Crippen molar-refractivity contribution in [1.29, 1.82) is 0 Å². The van der Waals surface area contributed by atoms with Crippen molar-refractivity contribution >= 4 is 34.8 Å². The Labute approximate surface area is 183 Å². The number of nitrogens with zero attached hydrogens (tertiary/aromatic N) is 2. The summed E-state index contributed by atoms with van der Waals surface area (Å²) in [6.45, 7) is 0.101. The van der Waals surface area contributed by atoms with Crippen LogP contribution in [0.5, 0.6) is 5.88 Å². The number of carbonyl (C=O) groups is 2. The molecule has 0 bridgehead atoms. The predicted molar refractivity (Wildman–Crippen MR) is 108 cm³/mol. The smallest absolute Gasteiger partial charge is 0.422 e. The lowest BCUT2D eigenvalue weighted by molar-refractivity contribution is -0.154.